The molecule has 18 heavy (non-hydrogen) atoms. The van der Waals surface area contributed by atoms with E-state index in [1.54, 1.807) is 12.6 Å². The second-order valence-corrected chi connectivity index (χ2v) is 4.61. The number of aromatic nitrogens is 4. The summed E-state index contributed by atoms with van der Waals surface area (Å²) >= 11 is 3.27. The fourth-order valence-corrected chi connectivity index (χ4v) is 2.08. The third-order valence-electron chi connectivity index (χ3n) is 2.48. The zero-order valence-corrected chi connectivity index (χ0v) is 11.2. The molecule has 0 saturated carbocycles. The lowest BCUT2D eigenvalue weighted by Crippen LogP contribution is -2.03. The van der Waals surface area contributed by atoms with E-state index in [4.69, 9.17) is 4.42 Å². The third-order valence-corrected chi connectivity index (χ3v) is 2.89. The van der Waals surface area contributed by atoms with E-state index < -0.39 is 0 Å². The highest BCUT2D eigenvalue weighted by Gasteiger charge is 2.08. The van der Waals surface area contributed by atoms with E-state index in [1.165, 1.54) is 0 Å². The summed E-state index contributed by atoms with van der Waals surface area (Å²) in [4.78, 5) is 15.7. The Morgan fingerprint density at radius 2 is 2.33 bits per heavy atom. The normalized spacial score (nSPS) is 11.0. The highest BCUT2D eigenvalue weighted by molar-refractivity contribution is 9.10. The minimum atomic E-state index is 0.625. The molecule has 0 saturated heterocycles. The molecule has 3 rings (SSSR count). The molecule has 0 fully saturated rings. The predicted molar refractivity (Wildman–Crippen MR) is 70.2 cm³/mol. The molecule has 0 amide bonds. The van der Waals surface area contributed by atoms with Crippen molar-refractivity contribution >= 4 is 32.9 Å². The van der Waals surface area contributed by atoms with Crippen LogP contribution < -0.4 is 5.32 Å². The summed E-state index contributed by atoms with van der Waals surface area (Å²) in [7, 11) is 0. The second kappa shape index (κ2) is 4.41. The summed E-state index contributed by atoms with van der Waals surface area (Å²) in [5.41, 5.74) is 2.51. The fourth-order valence-electron chi connectivity index (χ4n) is 1.69. The van der Waals surface area contributed by atoms with Gasteiger partial charge in [-0.15, -0.1) is 0 Å². The van der Waals surface area contributed by atoms with E-state index in [9.17, 15) is 0 Å². The largest absolute Gasteiger partial charge is 0.457 e. The molecule has 3 aromatic rings. The van der Waals surface area contributed by atoms with Crippen molar-refractivity contribution < 1.29 is 4.42 Å². The Morgan fingerprint density at radius 3 is 3.11 bits per heavy atom. The average molecular weight is 308 g/mol. The monoisotopic (exact) mass is 307 g/mol. The van der Waals surface area contributed by atoms with Gasteiger partial charge in [-0.3, -0.25) is 0 Å². The maximum atomic E-state index is 5.17. The van der Waals surface area contributed by atoms with Crippen LogP contribution in [0.1, 0.15) is 11.4 Å². The molecule has 0 radical (unpaired) electrons. The summed E-state index contributed by atoms with van der Waals surface area (Å²) in [5.74, 6) is 1.43. The molecule has 0 aliphatic rings. The summed E-state index contributed by atoms with van der Waals surface area (Å²) in [5, 5.41) is 3.24. The van der Waals surface area contributed by atoms with Crippen molar-refractivity contribution in [2.45, 2.75) is 13.5 Å². The van der Waals surface area contributed by atoms with Gasteiger partial charge in [-0.2, -0.15) is 0 Å². The van der Waals surface area contributed by atoms with Gasteiger partial charge in [-0.05, 0) is 28.9 Å². The topological polar surface area (TPSA) is 79.6 Å². The average Bonchev–Trinajstić information content (AvgIpc) is 2.94. The van der Waals surface area contributed by atoms with Gasteiger partial charge in [0.15, 0.2) is 16.1 Å². The number of aryl methyl sites for hydroxylation is 1. The Bertz CT molecular complexity index is 690. The number of H-pyrrole nitrogens is 1. The maximum absolute atomic E-state index is 5.17. The third kappa shape index (κ3) is 2.08. The number of hydrogen-bond acceptors (Lipinski definition) is 5. The number of aromatic amines is 1. The second-order valence-electron chi connectivity index (χ2n) is 3.83. The molecule has 0 aromatic carbocycles. The molecule has 7 heteroatoms. The fraction of sp³-hybridized carbons (Fsp3) is 0.182. The molecule has 0 bridgehead atoms. The van der Waals surface area contributed by atoms with Crippen LogP contribution in [-0.4, -0.2) is 19.9 Å². The van der Waals surface area contributed by atoms with Crippen LogP contribution in [0.25, 0.3) is 11.2 Å². The van der Waals surface area contributed by atoms with Gasteiger partial charge in [0.25, 0.3) is 0 Å². The first-order chi connectivity index (χ1) is 8.72. The van der Waals surface area contributed by atoms with Gasteiger partial charge in [-0.1, -0.05) is 0 Å². The van der Waals surface area contributed by atoms with Crippen LogP contribution in [0, 0.1) is 6.92 Å². The first-order valence-corrected chi connectivity index (χ1v) is 6.16. The molecule has 0 aliphatic heterocycles. The van der Waals surface area contributed by atoms with Crippen LogP contribution in [0.4, 0.5) is 5.82 Å². The van der Waals surface area contributed by atoms with Crippen LogP contribution >= 0.6 is 15.9 Å². The van der Waals surface area contributed by atoms with Crippen molar-refractivity contribution in [1.82, 2.24) is 19.9 Å². The van der Waals surface area contributed by atoms with E-state index in [0.29, 0.717) is 22.7 Å². The number of halogens is 1. The SMILES string of the molecule is Cc1nc(NCc2coc(Br)c2)c2[nH]cnc2n1. The summed E-state index contributed by atoms with van der Waals surface area (Å²) < 4.78 is 5.89. The van der Waals surface area contributed by atoms with Crippen molar-refractivity contribution in [2.24, 2.45) is 0 Å². The number of furan rings is 1. The highest BCUT2D eigenvalue weighted by atomic mass is 79.9. The molecule has 0 spiro atoms. The zero-order valence-electron chi connectivity index (χ0n) is 9.57. The van der Waals surface area contributed by atoms with Gasteiger partial charge in [-0.25, -0.2) is 15.0 Å². The summed E-state index contributed by atoms with van der Waals surface area (Å²) in [6.45, 7) is 2.47. The Kier molecular flexibility index (Phi) is 2.75. The van der Waals surface area contributed by atoms with E-state index in [1.807, 2.05) is 13.0 Å². The molecule has 0 unspecified atom stereocenters. The zero-order chi connectivity index (χ0) is 12.5. The van der Waals surface area contributed by atoms with Gasteiger partial charge in [0.2, 0.25) is 0 Å². The maximum Gasteiger partial charge on any atom is 0.183 e. The van der Waals surface area contributed by atoms with Crippen LogP contribution in [0.3, 0.4) is 0 Å². The lowest BCUT2D eigenvalue weighted by Gasteiger charge is -2.05. The lowest BCUT2D eigenvalue weighted by atomic mass is 10.3. The molecule has 3 heterocycles. The summed E-state index contributed by atoms with van der Waals surface area (Å²) in [6, 6.07) is 1.91. The number of rotatable bonds is 3. The van der Waals surface area contributed by atoms with E-state index >= 15 is 0 Å². The summed E-state index contributed by atoms with van der Waals surface area (Å²) in [6.07, 6.45) is 3.30. The Morgan fingerprint density at radius 1 is 1.44 bits per heavy atom. The van der Waals surface area contributed by atoms with Crippen LogP contribution in [0.2, 0.25) is 0 Å². The van der Waals surface area contributed by atoms with Gasteiger partial charge >= 0.3 is 0 Å². The smallest absolute Gasteiger partial charge is 0.183 e. The van der Waals surface area contributed by atoms with Crippen LogP contribution in [0.5, 0.6) is 0 Å². The predicted octanol–water partition coefficient (Wildman–Crippen LogP) is 2.63. The lowest BCUT2D eigenvalue weighted by molar-refractivity contribution is 0.539. The molecular formula is C11H10BrN5O. The molecule has 2 N–H and O–H groups in total. The van der Waals surface area contributed by atoms with Crippen LogP contribution in [0.15, 0.2) is 27.7 Å². The number of nitrogens with zero attached hydrogens (tertiary/aromatic N) is 3. The minimum Gasteiger partial charge on any atom is -0.457 e. The molecular weight excluding hydrogens is 298 g/mol. The van der Waals surface area contributed by atoms with Crippen molar-refractivity contribution in [3.05, 3.63) is 34.7 Å². The van der Waals surface area contributed by atoms with E-state index in [2.05, 4.69) is 41.2 Å². The van der Waals surface area contributed by atoms with Crippen molar-refractivity contribution in [3.8, 4) is 0 Å². The minimum absolute atomic E-state index is 0.625. The van der Waals surface area contributed by atoms with Gasteiger partial charge in [0.05, 0.1) is 12.6 Å². The quantitative estimate of drug-likeness (QED) is 0.777. The number of nitrogens with one attached hydrogen (secondary N) is 2. The van der Waals surface area contributed by atoms with Gasteiger partial charge in [0, 0.05) is 12.1 Å². The Balaban J connectivity index is 1.87. The number of fused-ring (bicyclic) bond motifs is 1. The molecule has 6 nitrogen and oxygen atoms in total. The number of hydrogen-bond donors (Lipinski definition) is 2. The van der Waals surface area contributed by atoms with Gasteiger partial charge < -0.3 is 14.7 Å². The molecule has 3 aromatic heterocycles. The molecule has 0 aliphatic carbocycles. The number of imidazole rings is 1. The van der Waals surface area contributed by atoms with Crippen molar-refractivity contribution in [3.63, 3.8) is 0 Å². The Labute approximate surface area is 111 Å². The first kappa shape index (κ1) is 11.2. The van der Waals surface area contributed by atoms with Crippen LogP contribution in [-0.2, 0) is 6.54 Å². The van der Waals surface area contributed by atoms with Gasteiger partial charge in [0.1, 0.15) is 11.3 Å². The van der Waals surface area contributed by atoms with Crippen molar-refractivity contribution in [1.29, 1.82) is 0 Å². The Hall–Kier alpha value is -1.89. The first-order valence-electron chi connectivity index (χ1n) is 5.37. The van der Waals surface area contributed by atoms with E-state index in [-0.39, 0.29) is 0 Å². The molecule has 0 atom stereocenters. The molecule has 92 valence electrons. The van der Waals surface area contributed by atoms with E-state index in [0.717, 1.165) is 16.9 Å². The number of anilines is 1. The highest BCUT2D eigenvalue weighted by Crippen LogP contribution is 2.19. The standard InChI is InChI=1S/C11H10BrN5O/c1-6-16-10(9-11(17-6)15-5-14-9)13-3-7-2-8(12)18-4-7/h2,4-5H,3H2,1H3,(H2,13,14,15,16,17). The van der Waals surface area contributed by atoms with Crippen molar-refractivity contribution in [2.75, 3.05) is 5.32 Å².